The topological polar surface area (TPSA) is 32.3 Å². The molecule has 3 heteroatoms. The fraction of sp³-hybridized carbons (Fsp3) is 0.500. The lowest BCUT2D eigenvalue weighted by Crippen LogP contribution is -2.40. The van der Waals surface area contributed by atoms with E-state index in [1.165, 1.54) is 0 Å². The fourth-order valence-corrected chi connectivity index (χ4v) is 2.08. The van der Waals surface area contributed by atoms with Gasteiger partial charge in [0.25, 0.3) is 0 Å². The van der Waals surface area contributed by atoms with E-state index in [0.717, 1.165) is 18.7 Å². The van der Waals surface area contributed by atoms with Crippen molar-refractivity contribution in [3.05, 3.63) is 29.8 Å². The van der Waals surface area contributed by atoms with Crippen molar-refractivity contribution in [3.8, 4) is 5.75 Å². The lowest BCUT2D eigenvalue weighted by Gasteiger charge is -2.30. The molecule has 2 rings (SSSR count). The van der Waals surface area contributed by atoms with Crippen LogP contribution in [-0.4, -0.2) is 23.9 Å². The summed E-state index contributed by atoms with van der Waals surface area (Å²) in [5.74, 6) is 0.213. The smallest absolute Gasteiger partial charge is 0.117 e. The van der Waals surface area contributed by atoms with Gasteiger partial charge >= 0.3 is 0 Å². The number of aromatic hydroxyl groups is 1. The van der Waals surface area contributed by atoms with E-state index in [2.05, 4.69) is 5.32 Å². The molecule has 0 aromatic heterocycles. The van der Waals surface area contributed by atoms with Gasteiger partial charge in [-0.1, -0.05) is 12.1 Å². The molecule has 1 aromatic carbocycles. The molecule has 2 nitrogen and oxygen atoms in total. The summed E-state index contributed by atoms with van der Waals surface area (Å²) >= 11 is 0. The van der Waals surface area contributed by atoms with Crippen molar-refractivity contribution in [2.45, 2.75) is 24.9 Å². The highest BCUT2D eigenvalue weighted by Gasteiger charge is 2.31. The van der Waals surface area contributed by atoms with Gasteiger partial charge in [-0.05, 0) is 43.6 Å². The lowest BCUT2D eigenvalue weighted by molar-refractivity contribution is 0.116. The largest absolute Gasteiger partial charge is 0.508 e. The van der Waals surface area contributed by atoms with Gasteiger partial charge in [0.05, 0.1) is 0 Å². The van der Waals surface area contributed by atoms with Crippen LogP contribution >= 0.6 is 0 Å². The Morgan fingerprint density at radius 2 is 2.07 bits per heavy atom. The van der Waals surface area contributed by atoms with Crippen molar-refractivity contribution in [3.63, 3.8) is 0 Å². The fourth-order valence-electron chi connectivity index (χ4n) is 2.08. The second kappa shape index (κ2) is 4.19. The van der Waals surface area contributed by atoms with E-state index < -0.39 is 5.67 Å². The van der Waals surface area contributed by atoms with Crippen LogP contribution in [0.3, 0.4) is 0 Å². The van der Waals surface area contributed by atoms with Crippen molar-refractivity contribution in [2.75, 3.05) is 13.1 Å². The molecule has 1 aliphatic heterocycles. The van der Waals surface area contributed by atoms with Gasteiger partial charge in [0.15, 0.2) is 0 Å². The van der Waals surface area contributed by atoms with Gasteiger partial charge in [-0.3, -0.25) is 0 Å². The molecule has 0 aliphatic carbocycles. The second-order valence-corrected chi connectivity index (χ2v) is 4.25. The predicted molar refractivity (Wildman–Crippen MR) is 57.8 cm³/mol. The number of hydrogen-bond donors (Lipinski definition) is 2. The van der Waals surface area contributed by atoms with E-state index in [9.17, 15) is 9.50 Å². The highest BCUT2D eigenvalue weighted by molar-refractivity contribution is 5.28. The second-order valence-electron chi connectivity index (χ2n) is 4.25. The summed E-state index contributed by atoms with van der Waals surface area (Å²) < 4.78 is 14.3. The first-order valence-electron chi connectivity index (χ1n) is 5.36. The van der Waals surface area contributed by atoms with Crippen molar-refractivity contribution in [2.24, 2.45) is 0 Å². The number of rotatable bonds is 2. The number of nitrogens with one attached hydrogen (secondary N) is 1. The minimum Gasteiger partial charge on any atom is -0.508 e. The number of halogens is 1. The van der Waals surface area contributed by atoms with Gasteiger partial charge in [0.1, 0.15) is 11.4 Å². The highest BCUT2D eigenvalue weighted by atomic mass is 19.1. The van der Waals surface area contributed by atoms with Crippen LogP contribution in [0.15, 0.2) is 24.3 Å². The third-order valence-electron chi connectivity index (χ3n) is 2.93. The van der Waals surface area contributed by atoms with Crippen LogP contribution in [0.1, 0.15) is 18.4 Å². The number of phenols is 1. The lowest BCUT2D eigenvalue weighted by atomic mass is 9.88. The Hall–Kier alpha value is -1.09. The standard InChI is InChI=1S/C12H16FNO/c13-12(4-6-14-7-5-12)9-10-2-1-3-11(15)8-10/h1-3,8,14-15H,4-7,9H2. The van der Waals surface area contributed by atoms with Crippen LogP contribution in [0.2, 0.25) is 0 Å². The maximum Gasteiger partial charge on any atom is 0.117 e. The third-order valence-corrected chi connectivity index (χ3v) is 2.93. The summed E-state index contributed by atoms with van der Waals surface area (Å²) in [5, 5.41) is 12.4. The van der Waals surface area contributed by atoms with Gasteiger partial charge in [-0.2, -0.15) is 0 Å². The molecule has 0 unspecified atom stereocenters. The molecule has 2 N–H and O–H groups in total. The SMILES string of the molecule is Oc1cccc(CC2(F)CCNCC2)c1. The van der Waals surface area contributed by atoms with Crippen molar-refractivity contribution >= 4 is 0 Å². The van der Waals surface area contributed by atoms with E-state index in [4.69, 9.17) is 0 Å². The Labute approximate surface area is 89.1 Å². The first-order chi connectivity index (χ1) is 7.18. The quantitative estimate of drug-likeness (QED) is 0.781. The van der Waals surface area contributed by atoms with Crippen LogP contribution in [-0.2, 0) is 6.42 Å². The zero-order chi connectivity index (χ0) is 10.7. The molecule has 0 atom stereocenters. The van der Waals surface area contributed by atoms with Crippen LogP contribution in [0.4, 0.5) is 4.39 Å². The minimum absolute atomic E-state index is 0.213. The summed E-state index contributed by atoms with van der Waals surface area (Å²) in [5.41, 5.74) is -0.224. The zero-order valence-corrected chi connectivity index (χ0v) is 8.67. The van der Waals surface area contributed by atoms with E-state index in [1.54, 1.807) is 18.2 Å². The van der Waals surface area contributed by atoms with Crippen LogP contribution in [0.25, 0.3) is 0 Å². The molecule has 82 valence electrons. The van der Waals surface area contributed by atoms with E-state index in [0.29, 0.717) is 19.3 Å². The summed E-state index contributed by atoms with van der Waals surface area (Å²) in [6.07, 6.45) is 1.52. The molecule has 0 saturated carbocycles. The Kier molecular flexibility index (Phi) is 2.91. The Morgan fingerprint density at radius 3 is 2.73 bits per heavy atom. The Morgan fingerprint density at radius 1 is 1.33 bits per heavy atom. The monoisotopic (exact) mass is 209 g/mol. The minimum atomic E-state index is -1.10. The number of phenolic OH excluding ortho intramolecular Hbond substituents is 1. The van der Waals surface area contributed by atoms with E-state index >= 15 is 0 Å². The van der Waals surface area contributed by atoms with E-state index in [1.807, 2.05) is 6.07 Å². The Bertz CT molecular complexity index is 334. The molecule has 1 fully saturated rings. The molecule has 1 aliphatic rings. The van der Waals surface area contributed by atoms with E-state index in [-0.39, 0.29) is 5.75 Å². The summed E-state index contributed by atoms with van der Waals surface area (Å²) in [4.78, 5) is 0. The van der Waals surface area contributed by atoms with Gasteiger partial charge < -0.3 is 10.4 Å². The molecule has 1 heterocycles. The summed E-state index contributed by atoms with van der Waals surface area (Å²) in [7, 11) is 0. The molecule has 0 radical (unpaired) electrons. The number of alkyl halides is 1. The predicted octanol–water partition coefficient (Wildman–Crippen LogP) is 2.03. The van der Waals surface area contributed by atoms with Crippen LogP contribution in [0.5, 0.6) is 5.75 Å². The average molecular weight is 209 g/mol. The number of piperidine rings is 1. The first-order valence-corrected chi connectivity index (χ1v) is 5.36. The average Bonchev–Trinajstić information content (AvgIpc) is 2.18. The number of benzene rings is 1. The van der Waals surface area contributed by atoms with Gasteiger partial charge in [0, 0.05) is 6.42 Å². The third kappa shape index (κ3) is 2.69. The molecule has 0 spiro atoms. The molecule has 0 bridgehead atoms. The molecular weight excluding hydrogens is 193 g/mol. The molecule has 1 aromatic rings. The van der Waals surface area contributed by atoms with Crippen LogP contribution < -0.4 is 5.32 Å². The molecule has 15 heavy (non-hydrogen) atoms. The zero-order valence-electron chi connectivity index (χ0n) is 8.67. The van der Waals surface area contributed by atoms with Crippen molar-refractivity contribution in [1.29, 1.82) is 0 Å². The molecular formula is C12H16FNO. The first kappa shape index (κ1) is 10.4. The van der Waals surface area contributed by atoms with Gasteiger partial charge in [-0.15, -0.1) is 0 Å². The van der Waals surface area contributed by atoms with Crippen LogP contribution in [0, 0.1) is 0 Å². The van der Waals surface area contributed by atoms with Crippen molar-refractivity contribution in [1.82, 2.24) is 5.32 Å². The molecule has 0 amide bonds. The van der Waals surface area contributed by atoms with Crippen molar-refractivity contribution < 1.29 is 9.50 Å². The van der Waals surface area contributed by atoms with Gasteiger partial charge in [0.2, 0.25) is 0 Å². The Balaban J connectivity index is 2.06. The highest BCUT2D eigenvalue weighted by Crippen LogP contribution is 2.28. The van der Waals surface area contributed by atoms with Gasteiger partial charge in [-0.25, -0.2) is 4.39 Å². The summed E-state index contributed by atoms with van der Waals surface area (Å²) in [6.45, 7) is 1.49. The normalized spacial score (nSPS) is 20.1. The maximum absolute atomic E-state index is 14.3. The summed E-state index contributed by atoms with van der Waals surface area (Å²) in [6, 6.07) is 6.87. The molecule has 1 saturated heterocycles. The maximum atomic E-state index is 14.3. The number of hydrogen-bond acceptors (Lipinski definition) is 2.